The maximum atomic E-state index is 10.8. The van der Waals surface area contributed by atoms with E-state index < -0.39 is 0 Å². The van der Waals surface area contributed by atoms with Gasteiger partial charge in [-0.25, -0.2) is 0 Å². The van der Waals surface area contributed by atoms with Gasteiger partial charge in [0.2, 0.25) is 6.41 Å². The van der Waals surface area contributed by atoms with E-state index in [1.165, 1.54) is 17.7 Å². The van der Waals surface area contributed by atoms with E-state index in [1.807, 2.05) is 16.2 Å². The van der Waals surface area contributed by atoms with Crippen molar-refractivity contribution in [1.29, 1.82) is 0 Å². The third-order valence-corrected chi connectivity index (χ3v) is 4.50. The highest BCUT2D eigenvalue weighted by Crippen LogP contribution is 2.41. The van der Waals surface area contributed by atoms with Crippen molar-refractivity contribution in [2.45, 2.75) is 25.2 Å². The summed E-state index contributed by atoms with van der Waals surface area (Å²) in [7, 11) is 0. The Balaban J connectivity index is 2.00. The number of amides is 1. The molecule has 1 aliphatic heterocycles. The Morgan fingerprint density at radius 1 is 1.50 bits per heavy atom. The average molecular weight is 207 g/mol. The molecule has 0 radical (unpaired) electrons. The zero-order valence-corrected chi connectivity index (χ0v) is 8.85. The molecule has 3 heteroatoms. The van der Waals surface area contributed by atoms with Crippen LogP contribution < -0.4 is 0 Å². The summed E-state index contributed by atoms with van der Waals surface area (Å²) < 4.78 is 0. The molecule has 1 aliphatic carbocycles. The SMILES string of the molecule is O=CN1CCc2scc3c2C(CC3)C1. The van der Waals surface area contributed by atoms with Crippen molar-refractivity contribution in [2.75, 3.05) is 13.1 Å². The van der Waals surface area contributed by atoms with E-state index in [-0.39, 0.29) is 0 Å². The molecule has 0 saturated heterocycles. The molecule has 2 nitrogen and oxygen atoms in total. The van der Waals surface area contributed by atoms with Gasteiger partial charge < -0.3 is 4.90 Å². The van der Waals surface area contributed by atoms with Crippen LogP contribution in [-0.2, 0) is 17.6 Å². The van der Waals surface area contributed by atoms with Crippen LogP contribution >= 0.6 is 11.3 Å². The summed E-state index contributed by atoms with van der Waals surface area (Å²) in [6.45, 7) is 1.85. The van der Waals surface area contributed by atoms with Crippen LogP contribution in [0, 0.1) is 0 Å². The summed E-state index contributed by atoms with van der Waals surface area (Å²) in [6, 6.07) is 0. The van der Waals surface area contributed by atoms with E-state index >= 15 is 0 Å². The fourth-order valence-electron chi connectivity index (χ4n) is 2.70. The Hall–Kier alpha value is -0.830. The first-order chi connectivity index (χ1) is 6.88. The quantitative estimate of drug-likeness (QED) is 0.643. The molecular formula is C11H13NOS. The number of rotatable bonds is 1. The molecule has 1 aromatic heterocycles. The monoisotopic (exact) mass is 207 g/mol. The van der Waals surface area contributed by atoms with E-state index in [1.54, 1.807) is 11.1 Å². The van der Waals surface area contributed by atoms with Crippen LogP contribution in [0.1, 0.15) is 28.3 Å². The zero-order chi connectivity index (χ0) is 9.54. The molecular weight excluding hydrogens is 194 g/mol. The number of carbonyl (C=O) groups excluding carboxylic acids is 1. The zero-order valence-electron chi connectivity index (χ0n) is 8.03. The summed E-state index contributed by atoms with van der Waals surface area (Å²) in [4.78, 5) is 14.3. The number of thiophene rings is 1. The summed E-state index contributed by atoms with van der Waals surface area (Å²) in [5, 5.41) is 2.32. The van der Waals surface area contributed by atoms with Gasteiger partial charge in [-0.1, -0.05) is 0 Å². The van der Waals surface area contributed by atoms with Crippen LogP contribution in [0.15, 0.2) is 5.38 Å². The molecule has 0 fully saturated rings. The van der Waals surface area contributed by atoms with Crippen LogP contribution in [0.25, 0.3) is 0 Å². The summed E-state index contributed by atoms with van der Waals surface area (Å²) in [5.74, 6) is 0.638. The molecule has 0 saturated carbocycles. The Kier molecular flexibility index (Phi) is 1.87. The Bertz CT molecular complexity index is 371. The van der Waals surface area contributed by atoms with Gasteiger partial charge >= 0.3 is 0 Å². The molecule has 1 atom stereocenters. The largest absolute Gasteiger partial charge is 0.344 e. The molecule has 0 aromatic carbocycles. The minimum atomic E-state index is 0.638. The van der Waals surface area contributed by atoms with Gasteiger partial charge in [0.15, 0.2) is 0 Å². The van der Waals surface area contributed by atoms with Crippen LogP contribution in [0.4, 0.5) is 0 Å². The van der Waals surface area contributed by atoms with Gasteiger partial charge in [-0.15, -0.1) is 11.3 Å². The minimum Gasteiger partial charge on any atom is -0.344 e. The maximum Gasteiger partial charge on any atom is 0.209 e. The normalized spacial score (nSPS) is 24.6. The Morgan fingerprint density at radius 3 is 3.29 bits per heavy atom. The fourth-order valence-corrected chi connectivity index (χ4v) is 3.86. The van der Waals surface area contributed by atoms with Gasteiger partial charge in [0.25, 0.3) is 0 Å². The third-order valence-electron chi connectivity index (χ3n) is 3.39. The van der Waals surface area contributed by atoms with Gasteiger partial charge in [0.05, 0.1) is 0 Å². The molecule has 0 spiro atoms. The van der Waals surface area contributed by atoms with Crippen molar-refractivity contribution < 1.29 is 4.79 Å². The number of hydrogen-bond donors (Lipinski definition) is 0. The average Bonchev–Trinajstić information content (AvgIpc) is 2.71. The molecule has 1 aromatic rings. The summed E-state index contributed by atoms with van der Waals surface area (Å²) >= 11 is 1.89. The highest BCUT2D eigenvalue weighted by Gasteiger charge is 2.30. The summed E-state index contributed by atoms with van der Waals surface area (Å²) in [5.41, 5.74) is 3.15. The first-order valence-electron chi connectivity index (χ1n) is 5.17. The van der Waals surface area contributed by atoms with Gasteiger partial charge in [-0.05, 0) is 35.8 Å². The van der Waals surface area contributed by atoms with Gasteiger partial charge in [-0.2, -0.15) is 0 Å². The standard InChI is InChI=1S/C11H13NOS/c13-7-12-4-3-10-11-8(5-12)1-2-9(11)6-14-10/h6-8H,1-5H2. The van der Waals surface area contributed by atoms with E-state index in [4.69, 9.17) is 0 Å². The Morgan fingerprint density at radius 2 is 2.43 bits per heavy atom. The number of nitrogens with zero attached hydrogens (tertiary/aromatic N) is 1. The van der Waals surface area contributed by atoms with Gasteiger partial charge in [0, 0.05) is 23.9 Å². The predicted molar refractivity (Wildman–Crippen MR) is 56.7 cm³/mol. The van der Waals surface area contributed by atoms with E-state index in [2.05, 4.69) is 5.38 Å². The smallest absolute Gasteiger partial charge is 0.209 e. The first-order valence-corrected chi connectivity index (χ1v) is 6.05. The van der Waals surface area contributed by atoms with Crippen LogP contribution in [0.2, 0.25) is 0 Å². The number of aryl methyl sites for hydroxylation is 1. The highest BCUT2D eigenvalue weighted by molar-refractivity contribution is 7.10. The van der Waals surface area contributed by atoms with Crippen LogP contribution in [0.3, 0.4) is 0 Å². The van der Waals surface area contributed by atoms with Crippen molar-refractivity contribution in [3.63, 3.8) is 0 Å². The van der Waals surface area contributed by atoms with Crippen LogP contribution in [0.5, 0.6) is 0 Å². The van der Waals surface area contributed by atoms with Crippen molar-refractivity contribution in [3.8, 4) is 0 Å². The lowest BCUT2D eigenvalue weighted by Crippen LogP contribution is -2.26. The molecule has 2 heterocycles. The van der Waals surface area contributed by atoms with E-state index in [9.17, 15) is 4.79 Å². The van der Waals surface area contributed by atoms with Crippen molar-refractivity contribution in [1.82, 2.24) is 4.90 Å². The predicted octanol–water partition coefficient (Wildman–Crippen LogP) is 1.79. The topological polar surface area (TPSA) is 20.3 Å². The van der Waals surface area contributed by atoms with Crippen molar-refractivity contribution in [3.05, 3.63) is 21.4 Å². The van der Waals surface area contributed by atoms with Crippen LogP contribution in [-0.4, -0.2) is 24.4 Å². The molecule has 3 rings (SSSR count). The molecule has 0 bridgehead atoms. The van der Waals surface area contributed by atoms with Gasteiger partial charge in [-0.3, -0.25) is 4.79 Å². The third kappa shape index (κ3) is 1.12. The minimum absolute atomic E-state index is 0.638. The Labute approximate surface area is 87.5 Å². The molecule has 2 aliphatic rings. The fraction of sp³-hybridized carbons (Fsp3) is 0.545. The molecule has 1 unspecified atom stereocenters. The second-order valence-corrected chi connectivity index (χ2v) is 5.15. The lowest BCUT2D eigenvalue weighted by atomic mass is 10.0. The van der Waals surface area contributed by atoms with E-state index in [0.29, 0.717) is 5.92 Å². The van der Waals surface area contributed by atoms with E-state index in [0.717, 1.165) is 25.9 Å². The van der Waals surface area contributed by atoms with Crippen molar-refractivity contribution >= 4 is 17.7 Å². The summed E-state index contributed by atoms with van der Waals surface area (Å²) in [6.07, 6.45) is 4.54. The molecule has 0 N–H and O–H groups in total. The lowest BCUT2D eigenvalue weighted by Gasteiger charge is -2.17. The maximum absolute atomic E-state index is 10.8. The first kappa shape index (κ1) is 8.48. The lowest BCUT2D eigenvalue weighted by molar-refractivity contribution is -0.118. The molecule has 14 heavy (non-hydrogen) atoms. The highest BCUT2D eigenvalue weighted by atomic mass is 32.1. The second-order valence-electron chi connectivity index (χ2n) is 4.18. The number of carbonyl (C=O) groups is 1. The number of hydrogen-bond acceptors (Lipinski definition) is 2. The molecule has 1 amide bonds. The second kappa shape index (κ2) is 3.09. The molecule has 74 valence electrons. The van der Waals surface area contributed by atoms with Crippen molar-refractivity contribution in [2.24, 2.45) is 0 Å². The van der Waals surface area contributed by atoms with Gasteiger partial charge in [0.1, 0.15) is 0 Å².